The van der Waals surface area contributed by atoms with Crippen LogP contribution in [0.3, 0.4) is 0 Å². The largest absolute Gasteiger partial charge is 0.321 e. The molecule has 0 aromatic carbocycles. The molecule has 0 aliphatic carbocycles. The van der Waals surface area contributed by atoms with Gasteiger partial charge < -0.3 is 4.98 Å². The van der Waals surface area contributed by atoms with Gasteiger partial charge in [0.2, 0.25) is 0 Å². The monoisotopic (exact) mass is 236 g/mol. The van der Waals surface area contributed by atoms with Crippen LogP contribution in [0.4, 0.5) is 0 Å². The van der Waals surface area contributed by atoms with Crippen molar-refractivity contribution in [2.24, 2.45) is 0 Å². The fraction of sp³-hybridized carbons (Fsp3) is 0. The van der Waals surface area contributed by atoms with Crippen molar-refractivity contribution < 1.29 is 0 Å². The summed E-state index contributed by atoms with van der Waals surface area (Å²) in [4.78, 5) is 16.1. The third-order valence-corrected chi connectivity index (χ3v) is 2.80. The van der Waals surface area contributed by atoms with Crippen molar-refractivity contribution in [2.45, 2.75) is 0 Å². The second-order valence-corrected chi connectivity index (χ2v) is 3.93. The first-order chi connectivity index (χ1) is 8.92. The molecule has 86 valence electrons. The van der Waals surface area contributed by atoms with Crippen molar-refractivity contribution in [3.05, 3.63) is 36.7 Å². The topological polar surface area (TPSA) is 83.1 Å². The number of nitrogens with one attached hydrogen (secondary N) is 2. The van der Waals surface area contributed by atoms with E-state index in [2.05, 4.69) is 30.1 Å². The lowest BCUT2D eigenvalue weighted by molar-refractivity contribution is 1.10. The third-order valence-electron chi connectivity index (χ3n) is 2.80. The van der Waals surface area contributed by atoms with E-state index < -0.39 is 0 Å². The Hall–Kier alpha value is -2.76. The molecule has 0 aliphatic heterocycles. The highest BCUT2D eigenvalue weighted by molar-refractivity contribution is 5.89. The van der Waals surface area contributed by atoms with Gasteiger partial charge in [-0.05, 0) is 24.3 Å². The number of hydrogen-bond acceptors (Lipinski definition) is 4. The van der Waals surface area contributed by atoms with Crippen molar-refractivity contribution in [2.75, 3.05) is 0 Å². The fourth-order valence-electron chi connectivity index (χ4n) is 1.97. The number of aromatic amines is 2. The van der Waals surface area contributed by atoms with E-state index in [1.165, 1.54) is 0 Å². The van der Waals surface area contributed by atoms with Crippen molar-refractivity contribution in [1.29, 1.82) is 0 Å². The summed E-state index contributed by atoms with van der Waals surface area (Å²) in [6.45, 7) is 0. The lowest BCUT2D eigenvalue weighted by atomic mass is 10.3. The average Bonchev–Trinajstić information content (AvgIpc) is 3.02. The zero-order valence-electron chi connectivity index (χ0n) is 9.25. The minimum absolute atomic E-state index is 0.675. The zero-order chi connectivity index (χ0) is 11.9. The van der Waals surface area contributed by atoms with Crippen LogP contribution in [0, 0.1) is 0 Å². The standard InChI is InChI=1S/C12H8N6/c1-3-7-9(13-5-1)10(18-17-7)12-15-8-4-2-6-14-11(8)16-12/h1-6H,(H,17,18)(H,14,15,16). The Morgan fingerprint density at radius 1 is 1.00 bits per heavy atom. The predicted molar refractivity (Wildman–Crippen MR) is 66.8 cm³/mol. The highest BCUT2D eigenvalue weighted by Crippen LogP contribution is 2.23. The molecule has 4 aromatic rings. The molecule has 18 heavy (non-hydrogen) atoms. The first-order valence-electron chi connectivity index (χ1n) is 5.52. The molecule has 6 heteroatoms. The van der Waals surface area contributed by atoms with Crippen LogP contribution < -0.4 is 0 Å². The molecule has 0 spiro atoms. The minimum Gasteiger partial charge on any atom is -0.321 e. The van der Waals surface area contributed by atoms with Crippen LogP contribution in [0.15, 0.2) is 36.7 Å². The summed E-state index contributed by atoms with van der Waals surface area (Å²) in [5.74, 6) is 0.675. The van der Waals surface area contributed by atoms with E-state index in [4.69, 9.17) is 0 Å². The maximum Gasteiger partial charge on any atom is 0.162 e. The van der Waals surface area contributed by atoms with Gasteiger partial charge in [0.1, 0.15) is 11.0 Å². The van der Waals surface area contributed by atoms with Crippen LogP contribution >= 0.6 is 0 Å². The molecule has 0 bridgehead atoms. The molecular weight excluding hydrogens is 228 g/mol. The Morgan fingerprint density at radius 2 is 1.89 bits per heavy atom. The Bertz CT molecular complexity index is 811. The average molecular weight is 236 g/mol. The van der Waals surface area contributed by atoms with Crippen LogP contribution in [-0.4, -0.2) is 30.1 Å². The lowest BCUT2D eigenvalue weighted by Crippen LogP contribution is -1.82. The fourth-order valence-corrected chi connectivity index (χ4v) is 1.97. The highest BCUT2D eigenvalue weighted by atomic mass is 15.2. The smallest absolute Gasteiger partial charge is 0.162 e. The summed E-state index contributed by atoms with van der Waals surface area (Å²) in [6, 6.07) is 7.56. The molecular formula is C12H8N6. The molecule has 0 saturated heterocycles. The van der Waals surface area contributed by atoms with Gasteiger partial charge >= 0.3 is 0 Å². The molecule has 6 nitrogen and oxygen atoms in total. The SMILES string of the molecule is c1cnc2[nH]c(-c3n[nH]c4cccnc34)nc2c1. The van der Waals surface area contributed by atoms with Crippen LogP contribution in [0.2, 0.25) is 0 Å². The van der Waals surface area contributed by atoms with Gasteiger partial charge in [-0.25, -0.2) is 9.97 Å². The molecule has 4 heterocycles. The molecule has 2 N–H and O–H groups in total. The van der Waals surface area contributed by atoms with Crippen LogP contribution in [-0.2, 0) is 0 Å². The Morgan fingerprint density at radius 3 is 2.83 bits per heavy atom. The van der Waals surface area contributed by atoms with Crippen LogP contribution in [0.1, 0.15) is 0 Å². The minimum atomic E-state index is 0.675. The zero-order valence-corrected chi connectivity index (χ0v) is 9.25. The number of fused-ring (bicyclic) bond motifs is 2. The van der Waals surface area contributed by atoms with Gasteiger partial charge in [0.05, 0.1) is 5.52 Å². The first kappa shape index (κ1) is 9.29. The maximum absolute atomic E-state index is 4.46. The van der Waals surface area contributed by atoms with E-state index in [1.807, 2.05) is 24.3 Å². The van der Waals surface area contributed by atoms with E-state index in [0.717, 1.165) is 22.2 Å². The summed E-state index contributed by atoms with van der Waals surface area (Å²) in [7, 11) is 0. The van der Waals surface area contributed by atoms with E-state index in [0.29, 0.717) is 11.5 Å². The number of pyridine rings is 2. The summed E-state index contributed by atoms with van der Waals surface area (Å²) in [5, 5.41) is 7.19. The van der Waals surface area contributed by atoms with Gasteiger partial charge in [-0.2, -0.15) is 5.10 Å². The summed E-state index contributed by atoms with van der Waals surface area (Å²) in [6.07, 6.45) is 3.47. The van der Waals surface area contributed by atoms with Gasteiger partial charge in [-0.15, -0.1) is 0 Å². The number of rotatable bonds is 1. The number of hydrogen-bond donors (Lipinski definition) is 2. The Labute approximate surface area is 101 Å². The summed E-state index contributed by atoms with van der Waals surface area (Å²) < 4.78 is 0. The van der Waals surface area contributed by atoms with Crippen molar-refractivity contribution >= 4 is 22.2 Å². The molecule has 0 unspecified atom stereocenters. The maximum atomic E-state index is 4.46. The van der Waals surface area contributed by atoms with E-state index in [1.54, 1.807) is 12.4 Å². The number of aromatic nitrogens is 6. The normalized spacial score (nSPS) is 11.3. The molecule has 4 rings (SSSR count). The number of nitrogens with zero attached hydrogens (tertiary/aromatic N) is 4. The van der Waals surface area contributed by atoms with Crippen LogP contribution in [0.5, 0.6) is 0 Å². The second kappa shape index (κ2) is 3.36. The molecule has 0 aliphatic rings. The van der Waals surface area contributed by atoms with Gasteiger partial charge in [-0.3, -0.25) is 10.1 Å². The van der Waals surface area contributed by atoms with E-state index in [9.17, 15) is 0 Å². The predicted octanol–water partition coefficient (Wildman–Crippen LogP) is 1.90. The summed E-state index contributed by atoms with van der Waals surface area (Å²) in [5.41, 5.74) is 3.97. The van der Waals surface area contributed by atoms with E-state index >= 15 is 0 Å². The van der Waals surface area contributed by atoms with Crippen molar-refractivity contribution in [3.63, 3.8) is 0 Å². The Balaban J connectivity index is 2.01. The molecule has 4 aromatic heterocycles. The second-order valence-electron chi connectivity index (χ2n) is 3.93. The molecule has 0 saturated carbocycles. The molecule has 0 amide bonds. The van der Waals surface area contributed by atoms with Gasteiger partial charge in [0, 0.05) is 12.4 Å². The third kappa shape index (κ3) is 1.22. The lowest BCUT2D eigenvalue weighted by Gasteiger charge is -1.89. The first-order valence-corrected chi connectivity index (χ1v) is 5.52. The van der Waals surface area contributed by atoms with Crippen molar-refractivity contribution in [1.82, 2.24) is 30.1 Å². The van der Waals surface area contributed by atoms with E-state index in [-0.39, 0.29) is 0 Å². The summed E-state index contributed by atoms with van der Waals surface area (Å²) >= 11 is 0. The highest BCUT2D eigenvalue weighted by Gasteiger charge is 2.13. The van der Waals surface area contributed by atoms with Gasteiger partial charge in [0.25, 0.3) is 0 Å². The van der Waals surface area contributed by atoms with Crippen molar-refractivity contribution in [3.8, 4) is 11.5 Å². The number of H-pyrrole nitrogens is 2. The van der Waals surface area contributed by atoms with Crippen LogP contribution in [0.25, 0.3) is 33.7 Å². The molecule has 0 atom stereocenters. The number of imidazole rings is 1. The Kier molecular flexibility index (Phi) is 1.74. The van der Waals surface area contributed by atoms with Gasteiger partial charge in [0.15, 0.2) is 17.2 Å². The molecule has 0 radical (unpaired) electrons. The molecule has 0 fully saturated rings. The quantitative estimate of drug-likeness (QED) is 0.528. The van der Waals surface area contributed by atoms with Gasteiger partial charge in [-0.1, -0.05) is 0 Å².